The first-order valence-electron chi connectivity index (χ1n) is 12.1. The number of pyridine rings is 1. The van der Waals surface area contributed by atoms with E-state index in [4.69, 9.17) is 4.74 Å². The van der Waals surface area contributed by atoms with E-state index < -0.39 is 10.0 Å². The highest BCUT2D eigenvalue weighted by Gasteiger charge is 2.28. The summed E-state index contributed by atoms with van der Waals surface area (Å²) in [5, 5.41) is 7.77. The molecule has 2 heterocycles. The van der Waals surface area contributed by atoms with Crippen LogP contribution in [0, 0.1) is 0 Å². The molecule has 2 aliphatic carbocycles. The van der Waals surface area contributed by atoms with Crippen LogP contribution in [0.3, 0.4) is 0 Å². The molecule has 34 heavy (non-hydrogen) atoms. The van der Waals surface area contributed by atoms with Crippen molar-refractivity contribution in [1.82, 2.24) is 24.5 Å². The van der Waals surface area contributed by atoms with Crippen LogP contribution in [0.1, 0.15) is 63.5 Å². The lowest BCUT2D eigenvalue weighted by molar-refractivity contribution is 0.114. The van der Waals surface area contributed by atoms with Crippen molar-refractivity contribution < 1.29 is 13.2 Å². The number of nitrogens with one attached hydrogen (secondary N) is 1. The number of benzene rings is 1. The number of hydrogen-bond donors (Lipinski definition) is 1. The average Bonchev–Trinajstić information content (AvgIpc) is 3.36. The number of ether oxygens (including phenoxy) is 1. The fraction of sp³-hybridized carbons (Fsp3) is 0.480. The Kier molecular flexibility index (Phi) is 6.65. The Morgan fingerprint density at radius 2 is 1.79 bits per heavy atom. The largest absolute Gasteiger partial charge is 0.474 e. The lowest BCUT2D eigenvalue weighted by atomic mass is 9.91. The summed E-state index contributed by atoms with van der Waals surface area (Å²) in [6.07, 6.45) is 13.0. The minimum absolute atomic E-state index is 0.108. The molecule has 5 rings (SSSR count). The molecule has 2 aromatic heterocycles. The maximum absolute atomic E-state index is 13.3. The summed E-state index contributed by atoms with van der Waals surface area (Å²) >= 11 is 0. The summed E-state index contributed by atoms with van der Waals surface area (Å²) in [6.45, 7) is 1.98. The molecule has 0 bridgehead atoms. The van der Waals surface area contributed by atoms with Gasteiger partial charge in [-0.3, -0.25) is 0 Å². The van der Waals surface area contributed by atoms with Crippen LogP contribution in [0.4, 0.5) is 0 Å². The molecule has 2 saturated carbocycles. The van der Waals surface area contributed by atoms with Crippen LogP contribution in [-0.2, 0) is 16.4 Å². The topological polar surface area (TPSA) is 99.0 Å². The summed E-state index contributed by atoms with van der Waals surface area (Å²) in [7, 11) is -3.64. The second-order valence-electron chi connectivity index (χ2n) is 9.28. The molecule has 3 aromatic rings. The van der Waals surface area contributed by atoms with Crippen molar-refractivity contribution >= 4 is 10.0 Å². The highest BCUT2D eigenvalue weighted by Crippen LogP contribution is 2.31. The third-order valence-corrected chi connectivity index (χ3v) is 8.59. The second kappa shape index (κ2) is 9.84. The second-order valence-corrected chi connectivity index (χ2v) is 11.0. The molecule has 0 aliphatic heterocycles. The van der Waals surface area contributed by atoms with Gasteiger partial charge in [0.15, 0.2) is 0 Å². The van der Waals surface area contributed by atoms with Crippen molar-refractivity contribution in [3.8, 4) is 17.0 Å². The minimum Gasteiger partial charge on any atom is -0.474 e. The van der Waals surface area contributed by atoms with E-state index >= 15 is 0 Å². The monoisotopic (exact) mass is 481 g/mol. The molecule has 8 nitrogen and oxygen atoms in total. The predicted molar refractivity (Wildman–Crippen MR) is 129 cm³/mol. The van der Waals surface area contributed by atoms with Crippen molar-refractivity contribution in [2.45, 2.75) is 81.4 Å². The normalized spacial score (nSPS) is 21.2. The molecular formula is C25H31N5O3S. The van der Waals surface area contributed by atoms with Crippen LogP contribution in [0.25, 0.3) is 11.1 Å². The van der Waals surface area contributed by atoms with Crippen molar-refractivity contribution in [3.05, 3.63) is 54.7 Å². The lowest BCUT2D eigenvalue weighted by Gasteiger charge is -2.30. The van der Waals surface area contributed by atoms with Crippen LogP contribution in [0.5, 0.6) is 5.88 Å². The molecule has 180 valence electrons. The summed E-state index contributed by atoms with van der Waals surface area (Å²) in [4.78, 5) is 4.80. The van der Waals surface area contributed by atoms with Gasteiger partial charge in [-0.2, -0.15) is 0 Å². The first kappa shape index (κ1) is 23.0. The highest BCUT2D eigenvalue weighted by atomic mass is 32.2. The molecule has 0 saturated heterocycles. The van der Waals surface area contributed by atoms with E-state index in [-0.39, 0.29) is 18.2 Å². The zero-order valence-electron chi connectivity index (χ0n) is 19.4. The number of rotatable bonds is 8. The first-order chi connectivity index (χ1) is 16.5. The third kappa shape index (κ3) is 5.00. The van der Waals surface area contributed by atoms with E-state index in [1.807, 2.05) is 35.8 Å². The van der Waals surface area contributed by atoms with Gasteiger partial charge in [0.05, 0.1) is 4.90 Å². The smallest absolute Gasteiger partial charge is 0.241 e. The van der Waals surface area contributed by atoms with Crippen molar-refractivity contribution in [2.24, 2.45) is 0 Å². The highest BCUT2D eigenvalue weighted by molar-refractivity contribution is 7.89. The fourth-order valence-corrected chi connectivity index (χ4v) is 6.38. The number of nitrogens with zero attached hydrogens (tertiary/aromatic N) is 4. The zero-order valence-corrected chi connectivity index (χ0v) is 20.2. The average molecular weight is 482 g/mol. The zero-order chi connectivity index (χ0) is 23.5. The Morgan fingerprint density at radius 3 is 2.47 bits per heavy atom. The molecule has 0 radical (unpaired) electrons. The Hall–Kier alpha value is -2.78. The van der Waals surface area contributed by atoms with Crippen LogP contribution < -0.4 is 9.46 Å². The van der Waals surface area contributed by atoms with Crippen molar-refractivity contribution in [3.63, 3.8) is 0 Å². The molecule has 1 N–H and O–H groups in total. The van der Waals surface area contributed by atoms with Crippen LogP contribution in [0.15, 0.2) is 54.1 Å². The SMILES string of the molecule is CCc1cc(-c2ccc(OC3CCC3)nc2)ccc1S(=O)(=O)NC1CCCC(n2cnnc2)C1. The van der Waals surface area contributed by atoms with Crippen molar-refractivity contribution in [2.75, 3.05) is 0 Å². The van der Waals surface area contributed by atoms with E-state index in [2.05, 4.69) is 19.9 Å². The number of sulfonamides is 1. The molecule has 1 aromatic carbocycles. The molecule has 2 fully saturated rings. The van der Waals surface area contributed by atoms with Gasteiger partial charge in [0.2, 0.25) is 15.9 Å². The first-order valence-corrected chi connectivity index (χ1v) is 13.6. The van der Waals surface area contributed by atoms with Gasteiger partial charge in [0, 0.05) is 29.9 Å². The van der Waals surface area contributed by atoms with Gasteiger partial charge >= 0.3 is 0 Å². The molecule has 2 unspecified atom stereocenters. The van der Waals surface area contributed by atoms with Gasteiger partial charge in [-0.15, -0.1) is 10.2 Å². The number of aryl methyl sites for hydroxylation is 1. The minimum atomic E-state index is -3.64. The maximum atomic E-state index is 13.3. The van der Waals surface area contributed by atoms with Gasteiger partial charge in [0.25, 0.3) is 0 Å². The van der Waals surface area contributed by atoms with Gasteiger partial charge in [-0.1, -0.05) is 13.0 Å². The van der Waals surface area contributed by atoms with E-state index in [0.717, 1.165) is 55.2 Å². The van der Waals surface area contributed by atoms with Gasteiger partial charge < -0.3 is 9.30 Å². The quantitative estimate of drug-likeness (QED) is 0.515. The number of aromatic nitrogens is 4. The molecule has 0 spiro atoms. The lowest BCUT2D eigenvalue weighted by Crippen LogP contribution is -2.39. The predicted octanol–water partition coefficient (Wildman–Crippen LogP) is 4.30. The molecule has 9 heteroatoms. The van der Waals surface area contributed by atoms with E-state index in [1.54, 1.807) is 24.9 Å². The van der Waals surface area contributed by atoms with Crippen LogP contribution >= 0.6 is 0 Å². The Balaban J connectivity index is 1.31. The Bertz CT molecular complexity index is 1210. The summed E-state index contributed by atoms with van der Waals surface area (Å²) < 4.78 is 37.4. The number of hydrogen-bond acceptors (Lipinski definition) is 6. The molecular weight excluding hydrogens is 450 g/mol. The Morgan fingerprint density at radius 1 is 1.03 bits per heavy atom. The van der Waals surface area contributed by atoms with Crippen LogP contribution in [0.2, 0.25) is 0 Å². The van der Waals surface area contributed by atoms with E-state index in [9.17, 15) is 8.42 Å². The summed E-state index contributed by atoms with van der Waals surface area (Å²) in [5.74, 6) is 0.643. The van der Waals surface area contributed by atoms with Gasteiger partial charge in [-0.25, -0.2) is 18.1 Å². The molecule has 2 atom stereocenters. The summed E-state index contributed by atoms with van der Waals surface area (Å²) in [6, 6.07) is 9.51. The van der Waals surface area contributed by atoms with Gasteiger partial charge in [0.1, 0.15) is 18.8 Å². The maximum Gasteiger partial charge on any atom is 0.241 e. The standard InChI is InChI=1S/C25H31N5O3S/c1-2-18-13-19(20-10-12-25(26-15-20)33-23-7-4-8-23)9-11-24(18)34(31,32)29-21-5-3-6-22(14-21)30-16-27-28-17-30/h9-13,15-17,21-23,29H,2-8,14H2,1H3. The third-order valence-electron chi connectivity index (χ3n) is 6.97. The van der Waals surface area contributed by atoms with Crippen molar-refractivity contribution in [1.29, 1.82) is 0 Å². The van der Waals surface area contributed by atoms with Crippen LogP contribution in [-0.4, -0.2) is 40.3 Å². The Labute approximate surface area is 200 Å². The van der Waals surface area contributed by atoms with Gasteiger partial charge in [-0.05, 0) is 80.7 Å². The fourth-order valence-electron chi connectivity index (χ4n) is 4.80. The molecule has 0 amide bonds. The molecule has 2 aliphatic rings. The summed E-state index contributed by atoms with van der Waals surface area (Å²) in [5.41, 5.74) is 2.69. The van der Waals surface area contributed by atoms with E-state index in [1.165, 1.54) is 6.42 Å². The van der Waals surface area contributed by atoms with E-state index in [0.29, 0.717) is 17.2 Å².